The van der Waals surface area contributed by atoms with Gasteiger partial charge in [0, 0.05) is 17.2 Å². The van der Waals surface area contributed by atoms with Gasteiger partial charge in [0.15, 0.2) is 0 Å². The van der Waals surface area contributed by atoms with Gasteiger partial charge in [0.1, 0.15) is 11.0 Å². The molecule has 0 heterocycles. The summed E-state index contributed by atoms with van der Waals surface area (Å²) < 4.78 is 22.6. The number of benzene rings is 1. The molecule has 2 N–H and O–H groups in total. The highest BCUT2D eigenvalue weighted by atomic mass is 35.7. The van der Waals surface area contributed by atoms with E-state index in [2.05, 4.69) is 0 Å². The molecule has 80 valence electrons. The molecule has 4 nitrogen and oxygen atoms in total. The summed E-state index contributed by atoms with van der Waals surface area (Å²) in [4.78, 5) is -0.144. The first-order chi connectivity index (χ1) is 6.91. The van der Waals surface area contributed by atoms with Gasteiger partial charge in [-0.3, -0.25) is 0 Å². The molecule has 0 unspecified atom stereocenters. The van der Waals surface area contributed by atoms with Crippen LogP contribution in [0.4, 0.5) is 0 Å². The Morgan fingerprint density at radius 1 is 1.53 bits per heavy atom. The lowest BCUT2D eigenvalue weighted by molar-refractivity contribution is 0.608. The largest absolute Gasteiger partial charge is 0.326 e. The number of nitriles is 1. The number of aryl methyl sites for hydroxylation is 1. The summed E-state index contributed by atoms with van der Waals surface area (Å²) in [7, 11) is 1.34. The second kappa shape index (κ2) is 4.19. The van der Waals surface area contributed by atoms with Crippen LogP contribution in [-0.4, -0.2) is 8.42 Å². The van der Waals surface area contributed by atoms with Crippen LogP contribution < -0.4 is 5.73 Å². The van der Waals surface area contributed by atoms with Gasteiger partial charge in [0.2, 0.25) is 0 Å². The Kier molecular flexibility index (Phi) is 3.35. The fraction of sp³-hybridized carbons (Fsp3) is 0.222. The van der Waals surface area contributed by atoms with Gasteiger partial charge in [-0.2, -0.15) is 5.26 Å². The first-order valence-corrected chi connectivity index (χ1v) is 6.40. The van der Waals surface area contributed by atoms with E-state index in [1.54, 1.807) is 19.1 Å². The van der Waals surface area contributed by atoms with Crippen molar-refractivity contribution in [3.05, 3.63) is 28.8 Å². The molecular weight excluding hydrogens is 236 g/mol. The summed E-state index contributed by atoms with van der Waals surface area (Å²) in [6, 6.07) is 5.02. The molecule has 0 aliphatic carbocycles. The molecule has 0 saturated carbocycles. The van der Waals surface area contributed by atoms with E-state index in [-0.39, 0.29) is 17.0 Å². The van der Waals surface area contributed by atoms with Crippen LogP contribution in [0.25, 0.3) is 0 Å². The van der Waals surface area contributed by atoms with Gasteiger partial charge in [-0.15, -0.1) is 0 Å². The highest BCUT2D eigenvalue weighted by molar-refractivity contribution is 8.13. The van der Waals surface area contributed by atoms with E-state index in [4.69, 9.17) is 21.7 Å². The van der Waals surface area contributed by atoms with Gasteiger partial charge >= 0.3 is 0 Å². The van der Waals surface area contributed by atoms with Crippen LogP contribution in [0.3, 0.4) is 0 Å². The maximum atomic E-state index is 11.3. The second-order valence-electron chi connectivity index (χ2n) is 3.00. The summed E-state index contributed by atoms with van der Waals surface area (Å²) >= 11 is 0. The van der Waals surface area contributed by atoms with Crippen LogP contribution >= 0.6 is 10.7 Å². The first kappa shape index (κ1) is 12.0. The summed E-state index contributed by atoms with van der Waals surface area (Å²) in [6.45, 7) is 1.68. The third-order valence-electron chi connectivity index (χ3n) is 2.02. The molecule has 15 heavy (non-hydrogen) atoms. The molecule has 1 aromatic carbocycles. The Bertz CT molecular complexity index is 532. The molecule has 0 aliphatic heterocycles. The summed E-state index contributed by atoms with van der Waals surface area (Å²) in [5.41, 5.74) is 6.35. The summed E-state index contributed by atoms with van der Waals surface area (Å²) in [5.74, 6) is 0. The van der Waals surface area contributed by atoms with Crippen molar-refractivity contribution in [2.24, 2.45) is 5.73 Å². The maximum absolute atomic E-state index is 11.3. The van der Waals surface area contributed by atoms with Crippen molar-refractivity contribution in [3.63, 3.8) is 0 Å². The zero-order valence-electron chi connectivity index (χ0n) is 7.99. The Balaban J connectivity index is 3.71. The predicted molar refractivity (Wildman–Crippen MR) is 56.8 cm³/mol. The lowest BCUT2D eigenvalue weighted by atomic mass is 10.1. The van der Waals surface area contributed by atoms with Crippen LogP contribution in [-0.2, 0) is 15.6 Å². The Labute approximate surface area is 92.7 Å². The smallest absolute Gasteiger partial charge is 0.262 e. The SMILES string of the molecule is Cc1ccc(CN)c(C#N)c1S(=O)(=O)Cl. The normalized spacial score (nSPS) is 11.1. The Hall–Kier alpha value is -1.09. The van der Waals surface area contributed by atoms with E-state index in [0.29, 0.717) is 11.1 Å². The molecule has 1 aromatic rings. The molecule has 0 radical (unpaired) electrons. The van der Waals surface area contributed by atoms with Gasteiger partial charge in [-0.25, -0.2) is 8.42 Å². The summed E-state index contributed by atoms with van der Waals surface area (Å²) in [6.07, 6.45) is 0. The van der Waals surface area contributed by atoms with Gasteiger partial charge < -0.3 is 5.73 Å². The Morgan fingerprint density at radius 3 is 2.53 bits per heavy atom. The third kappa shape index (κ3) is 2.29. The fourth-order valence-electron chi connectivity index (χ4n) is 1.33. The molecule has 0 aliphatic rings. The van der Waals surface area contributed by atoms with E-state index in [1.807, 2.05) is 6.07 Å². The van der Waals surface area contributed by atoms with Crippen LogP contribution in [0.2, 0.25) is 0 Å². The number of nitrogens with two attached hydrogens (primary N) is 1. The van der Waals surface area contributed by atoms with Crippen molar-refractivity contribution < 1.29 is 8.42 Å². The number of hydrogen-bond donors (Lipinski definition) is 1. The molecule has 0 bridgehead atoms. The highest BCUT2D eigenvalue weighted by Gasteiger charge is 2.20. The van der Waals surface area contributed by atoms with Crippen molar-refractivity contribution in [2.75, 3.05) is 0 Å². The van der Waals surface area contributed by atoms with E-state index < -0.39 is 9.05 Å². The molecule has 0 aromatic heterocycles. The zero-order chi connectivity index (χ0) is 11.6. The van der Waals surface area contributed by atoms with Crippen molar-refractivity contribution in [1.82, 2.24) is 0 Å². The fourth-order valence-corrected chi connectivity index (χ4v) is 2.80. The topological polar surface area (TPSA) is 83.9 Å². The number of hydrogen-bond acceptors (Lipinski definition) is 4. The standard InChI is InChI=1S/C9H9ClN2O2S/c1-6-2-3-7(4-11)8(5-12)9(6)15(10,13)14/h2-3H,4,11H2,1H3. The van der Waals surface area contributed by atoms with Gasteiger partial charge in [0.05, 0.1) is 5.56 Å². The van der Waals surface area contributed by atoms with Crippen LogP contribution in [0.15, 0.2) is 17.0 Å². The monoisotopic (exact) mass is 244 g/mol. The molecule has 0 amide bonds. The van der Waals surface area contributed by atoms with Crippen molar-refractivity contribution in [3.8, 4) is 6.07 Å². The highest BCUT2D eigenvalue weighted by Crippen LogP contribution is 2.26. The minimum Gasteiger partial charge on any atom is -0.326 e. The first-order valence-electron chi connectivity index (χ1n) is 4.09. The lowest BCUT2D eigenvalue weighted by Gasteiger charge is -2.08. The average molecular weight is 245 g/mol. The lowest BCUT2D eigenvalue weighted by Crippen LogP contribution is -2.06. The molecule has 0 saturated heterocycles. The molecule has 0 spiro atoms. The average Bonchev–Trinajstić information content (AvgIpc) is 2.15. The predicted octanol–water partition coefficient (Wildman–Crippen LogP) is 1.25. The zero-order valence-corrected chi connectivity index (χ0v) is 9.56. The van der Waals surface area contributed by atoms with Crippen molar-refractivity contribution >= 4 is 19.7 Å². The quantitative estimate of drug-likeness (QED) is 0.794. The van der Waals surface area contributed by atoms with Crippen LogP contribution in [0.5, 0.6) is 0 Å². The molecule has 0 fully saturated rings. The van der Waals surface area contributed by atoms with Gasteiger partial charge in [-0.1, -0.05) is 12.1 Å². The molecular formula is C9H9ClN2O2S. The third-order valence-corrected chi connectivity index (χ3v) is 3.49. The van der Waals surface area contributed by atoms with Gasteiger partial charge in [0.25, 0.3) is 9.05 Å². The second-order valence-corrected chi connectivity index (χ2v) is 5.50. The maximum Gasteiger partial charge on any atom is 0.262 e. The number of nitrogens with zero attached hydrogens (tertiary/aromatic N) is 1. The van der Waals surface area contributed by atoms with E-state index in [9.17, 15) is 8.42 Å². The number of rotatable bonds is 2. The van der Waals surface area contributed by atoms with Crippen LogP contribution in [0, 0.1) is 18.3 Å². The van der Waals surface area contributed by atoms with E-state index in [0.717, 1.165) is 0 Å². The Morgan fingerprint density at radius 2 is 2.13 bits per heavy atom. The number of halogens is 1. The van der Waals surface area contributed by atoms with Crippen LogP contribution in [0.1, 0.15) is 16.7 Å². The minimum absolute atomic E-state index is 0.0347. The molecule has 6 heteroatoms. The van der Waals surface area contributed by atoms with Crippen molar-refractivity contribution in [1.29, 1.82) is 5.26 Å². The van der Waals surface area contributed by atoms with Crippen molar-refractivity contribution in [2.45, 2.75) is 18.4 Å². The molecule has 1 rings (SSSR count). The van der Waals surface area contributed by atoms with Gasteiger partial charge in [-0.05, 0) is 18.1 Å². The minimum atomic E-state index is -3.91. The van der Waals surface area contributed by atoms with E-state index in [1.165, 1.54) is 0 Å². The molecule has 0 atom stereocenters. The summed E-state index contributed by atoms with van der Waals surface area (Å²) in [5, 5.41) is 8.89. The van der Waals surface area contributed by atoms with E-state index >= 15 is 0 Å².